The number of aromatic nitrogens is 3. The molecule has 0 spiro atoms. The first-order chi connectivity index (χ1) is 44.6. The van der Waals surface area contributed by atoms with Crippen molar-refractivity contribution in [2.45, 2.75) is 105 Å². The Morgan fingerprint density at radius 3 is 0.688 bits per heavy atom. The van der Waals surface area contributed by atoms with Gasteiger partial charge in [0.15, 0.2) is 16.1 Å². The zero-order valence-electron chi connectivity index (χ0n) is 55.8. The van der Waals surface area contributed by atoms with Crippen molar-refractivity contribution in [3.05, 3.63) is 295 Å². The van der Waals surface area contributed by atoms with E-state index in [1.54, 1.807) is 0 Å². The highest BCUT2D eigenvalue weighted by molar-refractivity contribution is 7.32. The molecule has 16 rings (SSSR count). The molecule has 0 atom stereocenters. The van der Waals surface area contributed by atoms with Crippen molar-refractivity contribution in [3.63, 3.8) is 0 Å². The molecular weight excluding hydrogens is 1160 g/mol. The lowest BCUT2D eigenvalue weighted by atomic mass is 9.85. The Morgan fingerprint density at radius 2 is 0.419 bits per heavy atom. The molecule has 93 heavy (non-hydrogen) atoms. The quantitative estimate of drug-likeness (QED) is 0.141. The molecule has 0 fully saturated rings. The maximum Gasteiger partial charge on any atom is 0.179 e. The Bertz CT molecular complexity index is 5020. The molecule has 0 amide bonds. The Balaban J connectivity index is 0.951. The molecule has 0 radical (unpaired) electrons. The number of benzene rings is 12. The lowest BCUT2D eigenvalue weighted by Crippen LogP contribution is -2.93. The summed E-state index contributed by atoms with van der Waals surface area (Å²) in [6.07, 6.45) is 0. The summed E-state index contributed by atoms with van der Waals surface area (Å²) >= 11 is 0. The molecule has 12 aromatic carbocycles. The van der Waals surface area contributed by atoms with Gasteiger partial charge in [-0.05, 0) is 182 Å². The van der Waals surface area contributed by atoms with Gasteiger partial charge in [0, 0.05) is 49.4 Å². The normalized spacial score (nSPS) is 14.2. The van der Waals surface area contributed by atoms with Crippen molar-refractivity contribution in [1.82, 2.24) is 13.7 Å². The Kier molecular flexibility index (Phi) is 13.2. The van der Waals surface area contributed by atoms with Crippen molar-refractivity contribution in [2.75, 3.05) is 0 Å². The fourth-order valence-corrected chi connectivity index (χ4v) is 28.2. The van der Waals surface area contributed by atoms with E-state index in [0.29, 0.717) is 0 Å². The predicted molar refractivity (Wildman–Crippen MR) is 405 cm³/mol. The van der Waals surface area contributed by atoms with Gasteiger partial charge in [0.05, 0.1) is 33.1 Å². The second kappa shape index (κ2) is 21.0. The van der Waals surface area contributed by atoms with Crippen LogP contribution < -0.4 is 41.5 Å². The van der Waals surface area contributed by atoms with Crippen molar-refractivity contribution in [2.24, 2.45) is 0 Å². The van der Waals surface area contributed by atoms with Crippen LogP contribution in [0.15, 0.2) is 273 Å². The highest BCUT2D eigenvalue weighted by Crippen LogP contribution is 2.43. The van der Waals surface area contributed by atoms with Crippen molar-refractivity contribution in [1.29, 1.82) is 0 Å². The number of fused-ring (bicyclic) bond motifs is 11. The van der Waals surface area contributed by atoms with Crippen LogP contribution >= 0.6 is 0 Å². The minimum Gasteiger partial charge on any atom is -0.309 e. The van der Waals surface area contributed by atoms with E-state index in [1.165, 1.54) is 129 Å². The Morgan fingerprint density at radius 1 is 0.204 bits per heavy atom. The van der Waals surface area contributed by atoms with E-state index in [-0.39, 0.29) is 21.7 Å². The zero-order valence-corrected chi connectivity index (χ0v) is 57.8. The Hall–Kier alpha value is -9.53. The van der Waals surface area contributed by atoms with Gasteiger partial charge in [0.1, 0.15) is 0 Å². The zero-order chi connectivity index (χ0) is 64.1. The molecule has 4 heterocycles. The van der Waals surface area contributed by atoms with E-state index in [4.69, 9.17) is 0 Å². The smallest absolute Gasteiger partial charge is 0.179 e. The summed E-state index contributed by atoms with van der Waals surface area (Å²) in [5.41, 5.74) is 16.0. The molecule has 5 heteroatoms. The van der Waals surface area contributed by atoms with Gasteiger partial charge in [-0.1, -0.05) is 259 Å². The maximum atomic E-state index is 2.54. The first-order valence-corrected chi connectivity index (χ1v) is 37.4. The van der Waals surface area contributed by atoms with Gasteiger partial charge in [-0.2, -0.15) is 0 Å². The van der Waals surface area contributed by atoms with Crippen LogP contribution in [-0.4, -0.2) is 29.8 Å². The molecule has 0 N–H and O–H groups in total. The monoisotopic (exact) mass is 1240 g/mol. The van der Waals surface area contributed by atoms with Crippen LogP contribution in [0.5, 0.6) is 0 Å². The standard InChI is InChI=1S/C88H81N3Si2/c1-85(2,3)58-36-46-75-69(52-58)70-53-59(86(4,5)6)37-47-76(70)90(75)63-42-50-79-73(56-63)74-57-64(91-77-48-38-60(87(7,8)9)54-71(77)72-55-61(88(10,11)12)39-49-78(72)91)43-51-80(74)89(79)62-40-44-68(45-41-62)93(67-30-20-15-21-31-67)83-34-24-22-32-81(83)92(65-26-16-13-17-27-65,66-28-18-14-19-29-66)82-33-23-25-35-84(82)93/h13-57H,1-12H3. The summed E-state index contributed by atoms with van der Waals surface area (Å²) in [7, 11) is -5.92. The number of rotatable bonds is 7. The summed E-state index contributed by atoms with van der Waals surface area (Å²) in [5, 5.41) is 19.1. The van der Waals surface area contributed by atoms with Crippen LogP contribution in [0.1, 0.15) is 105 Å². The fraction of sp³-hybridized carbons (Fsp3) is 0.182. The SMILES string of the molecule is CC(C)(C)c1ccc2c(c1)c1cc(C(C)(C)C)ccc1n2-c1ccc2c(c1)c1cc(-n3c4ccc(C(C)(C)C)cc4c4cc(C(C)(C)C)ccc43)ccc1n2-c1ccc([Si]2(c3ccccc3)c3ccccc3[Si](c3ccccc3)(c3ccccc3)c3ccccc32)cc1. The van der Waals surface area contributed by atoms with E-state index in [2.05, 4.69) is 370 Å². The van der Waals surface area contributed by atoms with Gasteiger partial charge in [0.25, 0.3) is 0 Å². The van der Waals surface area contributed by atoms with Crippen LogP contribution in [-0.2, 0) is 21.7 Å². The first kappa shape index (κ1) is 58.6. The molecule has 15 aromatic rings. The van der Waals surface area contributed by atoms with Crippen LogP contribution in [0, 0.1) is 0 Å². The number of hydrogen-bond acceptors (Lipinski definition) is 0. The van der Waals surface area contributed by atoms with E-state index in [9.17, 15) is 0 Å². The molecule has 3 nitrogen and oxygen atoms in total. The minimum atomic E-state index is -3.05. The van der Waals surface area contributed by atoms with Crippen LogP contribution in [0.25, 0.3) is 82.5 Å². The first-order valence-electron chi connectivity index (χ1n) is 33.4. The second-order valence-electron chi connectivity index (χ2n) is 30.6. The van der Waals surface area contributed by atoms with E-state index >= 15 is 0 Å². The summed E-state index contributed by atoms with van der Waals surface area (Å²) in [4.78, 5) is 0. The summed E-state index contributed by atoms with van der Waals surface area (Å²) in [6.45, 7) is 27.9. The largest absolute Gasteiger partial charge is 0.309 e. The molecule has 0 unspecified atom stereocenters. The lowest BCUT2D eigenvalue weighted by molar-refractivity contribution is 0.590. The molecule has 1 aliphatic heterocycles. The average molecular weight is 1240 g/mol. The summed E-state index contributed by atoms with van der Waals surface area (Å²) in [5.74, 6) is 0. The second-order valence-corrected chi connectivity index (χ2v) is 38.0. The number of nitrogens with zero attached hydrogens (tertiary/aromatic N) is 3. The average Bonchev–Trinajstić information content (AvgIpc) is 1.58. The van der Waals surface area contributed by atoms with Crippen LogP contribution in [0.3, 0.4) is 0 Å². The van der Waals surface area contributed by atoms with Gasteiger partial charge in [0.2, 0.25) is 0 Å². The maximum absolute atomic E-state index is 3.05. The molecule has 456 valence electrons. The van der Waals surface area contributed by atoms with Crippen molar-refractivity contribution in [3.8, 4) is 17.1 Å². The van der Waals surface area contributed by atoms with Gasteiger partial charge in [-0.25, -0.2) is 0 Å². The van der Waals surface area contributed by atoms with E-state index < -0.39 is 16.1 Å². The number of hydrogen-bond donors (Lipinski definition) is 0. The van der Waals surface area contributed by atoms with Gasteiger partial charge in [-0.15, -0.1) is 0 Å². The third-order valence-corrected chi connectivity index (χ3v) is 31.2. The molecule has 1 aliphatic rings. The molecule has 0 saturated carbocycles. The summed E-state index contributed by atoms with van der Waals surface area (Å²) < 4.78 is 7.59. The van der Waals surface area contributed by atoms with Gasteiger partial charge < -0.3 is 13.7 Å². The summed E-state index contributed by atoms with van der Waals surface area (Å²) in [6, 6.07) is 107. The van der Waals surface area contributed by atoms with E-state index in [1.807, 2.05) is 0 Å². The highest BCUT2D eigenvalue weighted by atomic mass is 28.3. The third-order valence-electron chi connectivity index (χ3n) is 20.9. The van der Waals surface area contributed by atoms with Crippen molar-refractivity contribution < 1.29 is 0 Å². The van der Waals surface area contributed by atoms with Crippen molar-refractivity contribution >= 4 is 123 Å². The van der Waals surface area contributed by atoms with Crippen LogP contribution in [0.4, 0.5) is 0 Å². The molecule has 0 saturated heterocycles. The molecular formula is C88H81N3Si2. The fourth-order valence-electron chi connectivity index (χ4n) is 16.1. The molecule has 0 bridgehead atoms. The van der Waals surface area contributed by atoms with Gasteiger partial charge in [-0.3, -0.25) is 0 Å². The van der Waals surface area contributed by atoms with Crippen LogP contribution in [0.2, 0.25) is 0 Å². The predicted octanol–water partition coefficient (Wildman–Crippen LogP) is 17.2. The minimum absolute atomic E-state index is 0.00505. The Labute approximate surface area is 550 Å². The topological polar surface area (TPSA) is 14.8 Å². The molecule has 0 aliphatic carbocycles. The highest BCUT2D eigenvalue weighted by Gasteiger charge is 2.56. The third kappa shape index (κ3) is 8.94. The van der Waals surface area contributed by atoms with Gasteiger partial charge >= 0.3 is 0 Å². The van der Waals surface area contributed by atoms with E-state index in [0.717, 1.165) is 17.1 Å². The molecule has 3 aromatic heterocycles. The lowest BCUT2D eigenvalue weighted by Gasteiger charge is -2.48.